The summed E-state index contributed by atoms with van der Waals surface area (Å²) in [6, 6.07) is 0. The molecule has 1 aliphatic carbocycles. The highest BCUT2D eigenvalue weighted by atomic mass is 32.1. The number of hydrogen-bond acceptors (Lipinski definition) is 4. The molecule has 1 aromatic rings. The standard InChI is InChI=1S/C10H12N2OS/c13-9-8-6-3-1-2-4-7(6)14-10(8)12-5-11-9/h5,9,13H,1-4H2,(H,11,12)/t9-/m1/s1. The molecule has 2 N–H and O–H groups in total. The summed E-state index contributed by atoms with van der Waals surface area (Å²) in [5, 5.41) is 14.0. The van der Waals surface area contributed by atoms with E-state index in [2.05, 4.69) is 10.3 Å². The van der Waals surface area contributed by atoms with Crippen molar-refractivity contribution in [1.29, 1.82) is 0 Å². The molecule has 3 nitrogen and oxygen atoms in total. The number of anilines is 1. The Kier molecular flexibility index (Phi) is 1.85. The minimum Gasteiger partial charge on any atom is -0.368 e. The van der Waals surface area contributed by atoms with E-state index in [1.165, 1.54) is 29.7 Å². The summed E-state index contributed by atoms with van der Waals surface area (Å²) in [6.45, 7) is 0. The number of aryl methyl sites for hydroxylation is 1. The van der Waals surface area contributed by atoms with Crippen molar-refractivity contribution in [2.24, 2.45) is 4.99 Å². The Morgan fingerprint density at radius 2 is 2.29 bits per heavy atom. The smallest absolute Gasteiger partial charge is 0.176 e. The lowest BCUT2D eigenvalue weighted by atomic mass is 9.95. The van der Waals surface area contributed by atoms with Crippen LogP contribution in [0.2, 0.25) is 0 Å². The van der Waals surface area contributed by atoms with Gasteiger partial charge in [0.25, 0.3) is 0 Å². The van der Waals surface area contributed by atoms with Crippen molar-refractivity contribution < 1.29 is 5.11 Å². The Hall–Kier alpha value is -0.870. The third kappa shape index (κ3) is 1.11. The molecule has 2 heterocycles. The van der Waals surface area contributed by atoms with Crippen LogP contribution in [0.1, 0.15) is 35.1 Å². The fourth-order valence-corrected chi connectivity index (χ4v) is 3.49. The van der Waals surface area contributed by atoms with Gasteiger partial charge in [0.1, 0.15) is 5.00 Å². The number of fused-ring (bicyclic) bond motifs is 3. The summed E-state index contributed by atoms with van der Waals surface area (Å²) < 4.78 is 0. The molecule has 0 saturated heterocycles. The topological polar surface area (TPSA) is 44.6 Å². The number of nitrogens with zero attached hydrogens (tertiary/aromatic N) is 1. The van der Waals surface area contributed by atoms with Gasteiger partial charge >= 0.3 is 0 Å². The molecule has 1 atom stereocenters. The molecule has 1 aromatic heterocycles. The fourth-order valence-electron chi connectivity index (χ4n) is 2.21. The van der Waals surface area contributed by atoms with Crippen molar-refractivity contribution in [2.75, 3.05) is 5.32 Å². The van der Waals surface area contributed by atoms with E-state index in [9.17, 15) is 5.11 Å². The first-order chi connectivity index (χ1) is 6.86. The van der Waals surface area contributed by atoms with E-state index in [1.54, 1.807) is 17.7 Å². The van der Waals surface area contributed by atoms with Crippen LogP contribution in [-0.4, -0.2) is 11.4 Å². The van der Waals surface area contributed by atoms with Crippen molar-refractivity contribution in [2.45, 2.75) is 31.9 Å². The molecular formula is C10H12N2OS. The lowest BCUT2D eigenvalue weighted by Gasteiger charge is -2.16. The highest BCUT2D eigenvalue weighted by molar-refractivity contribution is 7.16. The van der Waals surface area contributed by atoms with Gasteiger partial charge in [0, 0.05) is 10.4 Å². The third-order valence-corrected chi connectivity index (χ3v) is 4.12. The summed E-state index contributed by atoms with van der Waals surface area (Å²) in [6.07, 6.45) is 5.76. The van der Waals surface area contributed by atoms with Gasteiger partial charge < -0.3 is 10.4 Å². The SMILES string of the molecule is O[C@H]1N=CNc2sc3c(c21)CCCC3. The molecule has 2 aliphatic rings. The van der Waals surface area contributed by atoms with Crippen LogP contribution in [0.5, 0.6) is 0 Å². The van der Waals surface area contributed by atoms with Gasteiger partial charge in [0.2, 0.25) is 0 Å². The lowest BCUT2D eigenvalue weighted by Crippen LogP contribution is -2.10. The molecular weight excluding hydrogens is 196 g/mol. The van der Waals surface area contributed by atoms with Gasteiger partial charge in [-0.3, -0.25) is 0 Å². The largest absolute Gasteiger partial charge is 0.368 e. The number of hydrogen-bond donors (Lipinski definition) is 2. The maximum Gasteiger partial charge on any atom is 0.176 e. The van der Waals surface area contributed by atoms with E-state index in [1.807, 2.05) is 0 Å². The summed E-state index contributed by atoms with van der Waals surface area (Å²) >= 11 is 1.78. The second-order valence-electron chi connectivity index (χ2n) is 3.75. The summed E-state index contributed by atoms with van der Waals surface area (Å²) in [7, 11) is 0. The minimum atomic E-state index is -0.635. The molecule has 0 radical (unpaired) electrons. The molecule has 0 saturated carbocycles. The Bertz CT molecular complexity index is 397. The van der Waals surface area contributed by atoms with Crippen molar-refractivity contribution in [3.63, 3.8) is 0 Å². The van der Waals surface area contributed by atoms with Gasteiger partial charge in [-0.1, -0.05) is 0 Å². The first-order valence-electron chi connectivity index (χ1n) is 4.97. The Morgan fingerprint density at radius 1 is 1.43 bits per heavy atom. The molecule has 0 unspecified atom stereocenters. The molecule has 0 amide bonds. The van der Waals surface area contributed by atoms with Crippen LogP contribution in [0, 0.1) is 0 Å². The van der Waals surface area contributed by atoms with Crippen LogP contribution in [-0.2, 0) is 12.8 Å². The number of thiophene rings is 1. The van der Waals surface area contributed by atoms with Gasteiger partial charge in [0.05, 0.1) is 6.34 Å². The molecule has 74 valence electrons. The van der Waals surface area contributed by atoms with E-state index >= 15 is 0 Å². The second-order valence-corrected chi connectivity index (χ2v) is 4.86. The number of aliphatic imine (C=N–C) groups is 1. The number of aliphatic hydroxyl groups is 1. The second kappa shape index (κ2) is 3.07. The zero-order valence-electron chi connectivity index (χ0n) is 7.79. The Balaban J connectivity index is 2.14. The predicted molar refractivity (Wildman–Crippen MR) is 58.0 cm³/mol. The average molecular weight is 208 g/mol. The average Bonchev–Trinajstić information content (AvgIpc) is 2.57. The van der Waals surface area contributed by atoms with Gasteiger partial charge in [0.15, 0.2) is 6.23 Å². The summed E-state index contributed by atoms with van der Waals surface area (Å²) in [5.41, 5.74) is 2.39. The zero-order valence-corrected chi connectivity index (χ0v) is 8.60. The van der Waals surface area contributed by atoms with E-state index < -0.39 is 6.23 Å². The molecule has 0 spiro atoms. The number of nitrogens with one attached hydrogen (secondary N) is 1. The van der Waals surface area contributed by atoms with E-state index in [0.717, 1.165) is 17.0 Å². The molecule has 0 fully saturated rings. The summed E-state index contributed by atoms with van der Waals surface area (Å²) in [4.78, 5) is 5.42. The summed E-state index contributed by atoms with van der Waals surface area (Å²) in [5.74, 6) is 0. The predicted octanol–water partition coefficient (Wildman–Crippen LogP) is 2.07. The van der Waals surface area contributed by atoms with Crippen LogP contribution >= 0.6 is 11.3 Å². The van der Waals surface area contributed by atoms with Gasteiger partial charge in [-0.2, -0.15) is 0 Å². The molecule has 14 heavy (non-hydrogen) atoms. The van der Waals surface area contributed by atoms with E-state index in [0.29, 0.717) is 0 Å². The first-order valence-corrected chi connectivity index (χ1v) is 5.78. The van der Waals surface area contributed by atoms with Gasteiger partial charge in [-0.25, -0.2) is 4.99 Å². The minimum absolute atomic E-state index is 0.635. The zero-order chi connectivity index (χ0) is 9.54. The van der Waals surface area contributed by atoms with Crippen molar-refractivity contribution in [3.8, 4) is 0 Å². The monoisotopic (exact) mass is 208 g/mol. The number of aliphatic hydroxyl groups excluding tert-OH is 1. The maximum absolute atomic E-state index is 9.77. The maximum atomic E-state index is 9.77. The normalized spacial score (nSPS) is 23.9. The van der Waals surface area contributed by atoms with Crippen LogP contribution in [0.3, 0.4) is 0 Å². The molecule has 1 aliphatic heterocycles. The molecule has 4 heteroatoms. The Morgan fingerprint density at radius 3 is 3.21 bits per heavy atom. The van der Waals surface area contributed by atoms with Crippen LogP contribution < -0.4 is 5.32 Å². The molecule has 0 aromatic carbocycles. The molecule has 0 bridgehead atoms. The van der Waals surface area contributed by atoms with E-state index in [4.69, 9.17) is 0 Å². The lowest BCUT2D eigenvalue weighted by molar-refractivity contribution is 0.188. The van der Waals surface area contributed by atoms with Crippen molar-refractivity contribution in [3.05, 3.63) is 16.0 Å². The van der Waals surface area contributed by atoms with Crippen molar-refractivity contribution in [1.82, 2.24) is 0 Å². The number of rotatable bonds is 0. The quantitative estimate of drug-likeness (QED) is 0.685. The van der Waals surface area contributed by atoms with Gasteiger partial charge in [-0.05, 0) is 31.2 Å². The highest BCUT2D eigenvalue weighted by Gasteiger charge is 2.26. The van der Waals surface area contributed by atoms with Crippen LogP contribution in [0.4, 0.5) is 5.00 Å². The van der Waals surface area contributed by atoms with Gasteiger partial charge in [-0.15, -0.1) is 11.3 Å². The Labute approximate surface area is 86.5 Å². The molecule has 3 rings (SSSR count). The van der Waals surface area contributed by atoms with Crippen LogP contribution in [0.25, 0.3) is 0 Å². The first kappa shape index (κ1) is 8.44. The third-order valence-electron chi connectivity index (χ3n) is 2.88. The van der Waals surface area contributed by atoms with Crippen LogP contribution in [0.15, 0.2) is 4.99 Å². The van der Waals surface area contributed by atoms with Crippen molar-refractivity contribution >= 4 is 22.7 Å². The fraction of sp³-hybridized carbons (Fsp3) is 0.500. The van der Waals surface area contributed by atoms with E-state index in [-0.39, 0.29) is 0 Å². The highest BCUT2D eigenvalue weighted by Crippen LogP contribution is 2.42.